The lowest BCUT2D eigenvalue weighted by Gasteiger charge is -2.29. The van der Waals surface area contributed by atoms with E-state index in [9.17, 15) is 5.26 Å². The van der Waals surface area contributed by atoms with E-state index in [-0.39, 0.29) is 0 Å². The molecule has 0 spiro atoms. The summed E-state index contributed by atoms with van der Waals surface area (Å²) >= 11 is 3.43. The van der Waals surface area contributed by atoms with Gasteiger partial charge in [0.2, 0.25) is 0 Å². The maximum absolute atomic E-state index is 9.29. The van der Waals surface area contributed by atoms with Crippen molar-refractivity contribution in [3.63, 3.8) is 0 Å². The van der Waals surface area contributed by atoms with Gasteiger partial charge in [-0.2, -0.15) is 5.26 Å². The monoisotopic (exact) mass is 319 g/mol. The number of nitriles is 1. The molecule has 2 fully saturated rings. The normalized spacial score (nSPS) is 29.9. The van der Waals surface area contributed by atoms with E-state index in [4.69, 9.17) is 5.73 Å². The topological polar surface area (TPSA) is 53.0 Å². The molecule has 2 N–H and O–H groups in total. The first-order valence-electron chi connectivity index (χ1n) is 6.89. The van der Waals surface area contributed by atoms with E-state index in [1.165, 1.54) is 12.8 Å². The van der Waals surface area contributed by atoms with Gasteiger partial charge in [0.25, 0.3) is 0 Å². The third-order valence-corrected chi connectivity index (χ3v) is 5.07. The Kier molecular flexibility index (Phi) is 3.51. The van der Waals surface area contributed by atoms with E-state index in [2.05, 4.69) is 26.9 Å². The van der Waals surface area contributed by atoms with Crippen LogP contribution in [0.4, 0.5) is 5.69 Å². The van der Waals surface area contributed by atoms with E-state index >= 15 is 0 Å². The number of halogens is 1. The summed E-state index contributed by atoms with van der Waals surface area (Å²) in [4.78, 5) is 2.35. The smallest absolute Gasteiger partial charge is 0.101 e. The number of rotatable bonds is 1. The number of nitrogens with two attached hydrogens (primary N) is 1. The summed E-state index contributed by atoms with van der Waals surface area (Å²) in [6.45, 7) is 2.05. The van der Waals surface area contributed by atoms with Crippen molar-refractivity contribution in [2.24, 2.45) is 17.6 Å². The number of anilines is 1. The highest BCUT2D eigenvalue weighted by atomic mass is 79.9. The summed E-state index contributed by atoms with van der Waals surface area (Å²) in [5.41, 5.74) is 8.07. The molecule has 1 saturated carbocycles. The zero-order valence-electron chi connectivity index (χ0n) is 10.8. The summed E-state index contributed by atoms with van der Waals surface area (Å²) in [7, 11) is 0. The Balaban J connectivity index is 1.87. The molecule has 1 aromatic rings. The Morgan fingerprint density at radius 2 is 2.16 bits per heavy atom. The zero-order chi connectivity index (χ0) is 13.4. The maximum atomic E-state index is 9.29. The molecular formula is C15H18BrN3. The lowest BCUT2D eigenvalue weighted by atomic mass is 9.78. The van der Waals surface area contributed by atoms with Gasteiger partial charge in [0.05, 0.1) is 11.3 Å². The molecule has 1 heterocycles. The third-order valence-electron chi connectivity index (χ3n) is 4.57. The van der Waals surface area contributed by atoms with Gasteiger partial charge in [0.15, 0.2) is 0 Å². The highest BCUT2D eigenvalue weighted by Gasteiger charge is 2.39. The Labute approximate surface area is 122 Å². The summed E-state index contributed by atoms with van der Waals surface area (Å²) in [6, 6.07) is 8.60. The fourth-order valence-electron chi connectivity index (χ4n) is 3.59. The quantitative estimate of drug-likeness (QED) is 0.866. The van der Waals surface area contributed by atoms with Gasteiger partial charge >= 0.3 is 0 Å². The number of hydrogen-bond donors (Lipinski definition) is 1. The molecule has 2 aliphatic rings. The molecule has 3 unspecified atom stereocenters. The van der Waals surface area contributed by atoms with Crippen LogP contribution in [0.25, 0.3) is 0 Å². The van der Waals surface area contributed by atoms with Crippen LogP contribution in [0.3, 0.4) is 0 Å². The van der Waals surface area contributed by atoms with E-state index in [1.54, 1.807) is 0 Å². The molecule has 4 heteroatoms. The molecule has 0 radical (unpaired) electrons. The first-order chi connectivity index (χ1) is 9.19. The highest BCUT2D eigenvalue weighted by Crippen LogP contribution is 2.38. The Bertz CT molecular complexity index is 523. The molecule has 1 saturated heterocycles. The van der Waals surface area contributed by atoms with Crippen molar-refractivity contribution in [3.05, 3.63) is 28.2 Å². The lowest BCUT2D eigenvalue weighted by molar-refractivity contribution is 0.260. The minimum absolute atomic E-state index is 0.338. The van der Waals surface area contributed by atoms with E-state index < -0.39 is 0 Å². The molecule has 1 aromatic carbocycles. The fraction of sp³-hybridized carbons (Fsp3) is 0.533. The van der Waals surface area contributed by atoms with Gasteiger partial charge in [-0.3, -0.25) is 0 Å². The van der Waals surface area contributed by atoms with Gasteiger partial charge in [0.1, 0.15) is 6.07 Å². The van der Waals surface area contributed by atoms with Crippen molar-refractivity contribution in [2.45, 2.75) is 25.3 Å². The van der Waals surface area contributed by atoms with Crippen LogP contribution in [-0.4, -0.2) is 19.1 Å². The van der Waals surface area contributed by atoms with Crippen LogP contribution in [0, 0.1) is 23.2 Å². The van der Waals surface area contributed by atoms with Crippen LogP contribution in [-0.2, 0) is 0 Å². The average molecular weight is 320 g/mol. The minimum atomic E-state index is 0.338. The number of nitrogens with zero attached hydrogens (tertiary/aromatic N) is 2. The molecule has 1 aliphatic carbocycles. The van der Waals surface area contributed by atoms with Gasteiger partial charge in [-0.05, 0) is 42.9 Å². The second-order valence-corrected chi connectivity index (χ2v) is 6.61. The molecule has 0 amide bonds. The Hall–Kier alpha value is -1.05. The van der Waals surface area contributed by atoms with Crippen molar-refractivity contribution < 1.29 is 0 Å². The number of fused-ring (bicyclic) bond motifs is 1. The molecule has 1 aliphatic heterocycles. The van der Waals surface area contributed by atoms with Gasteiger partial charge < -0.3 is 10.6 Å². The number of benzene rings is 1. The molecule has 0 bridgehead atoms. The standard InChI is InChI=1S/C15H18BrN3/c16-12-4-5-15(11(6-12)7-17)19-8-10-2-1-3-14(18)13(10)9-19/h4-6,10,13-14H,1-3,8-9,18H2. The van der Waals surface area contributed by atoms with Crippen molar-refractivity contribution in [1.29, 1.82) is 5.26 Å². The first-order valence-corrected chi connectivity index (χ1v) is 7.68. The Morgan fingerprint density at radius 3 is 2.89 bits per heavy atom. The summed E-state index contributed by atoms with van der Waals surface area (Å²) in [6.07, 6.45) is 3.69. The van der Waals surface area contributed by atoms with Crippen LogP contribution in [0.15, 0.2) is 22.7 Å². The van der Waals surface area contributed by atoms with E-state index in [1.807, 2.05) is 18.2 Å². The summed E-state index contributed by atoms with van der Waals surface area (Å²) in [5.74, 6) is 1.31. The van der Waals surface area contributed by atoms with Crippen molar-refractivity contribution in [2.75, 3.05) is 18.0 Å². The molecule has 100 valence electrons. The van der Waals surface area contributed by atoms with Crippen LogP contribution in [0.5, 0.6) is 0 Å². The van der Waals surface area contributed by atoms with Gasteiger partial charge in [0, 0.05) is 23.6 Å². The molecule has 3 rings (SSSR count). The van der Waals surface area contributed by atoms with Gasteiger partial charge in [-0.1, -0.05) is 22.4 Å². The summed E-state index contributed by atoms with van der Waals surface area (Å²) < 4.78 is 0.959. The molecule has 0 aromatic heterocycles. The lowest BCUT2D eigenvalue weighted by Crippen LogP contribution is -2.38. The highest BCUT2D eigenvalue weighted by molar-refractivity contribution is 9.10. The maximum Gasteiger partial charge on any atom is 0.101 e. The van der Waals surface area contributed by atoms with Crippen LogP contribution >= 0.6 is 15.9 Å². The second kappa shape index (κ2) is 5.15. The van der Waals surface area contributed by atoms with E-state index in [0.29, 0.717) is 17.9 Å². The largest absolute Gasteiger partial charge is 0.370 e. The van der Waals surface area contributed by atoms with Crippen molar-refractivity contribution in [3.8, 4) is 6.07 Å². The average Bonchev–Trinajstić information content (AvgIpc) is 2.83. The first kappa shape index (κ1) is 13.0. The molecular weight excluding hydrogens is 302 g/mol. The molecule has 19 heavy (non-hydrogen) atoms. The predicted octanol–water partition coefficient (Wildman–Crippen LogP) is 2.88. The van der Waals surface area contributed by atoms with Crippen LogP contribution in [0.2, 0.25) is 0 Å². The Morgan fingerprint density at radius 1 is 1.32 bits per heavy atom. The van der Waals surface area contributed by atoms with E-state index in [0.717, 1.165) is 35.2 Å². The molecule has 3 atom stereocenters. The second-order valence-electron chi connectivity index (χ2n) is 5.70. The SMILES string of the molecule is N#Cc1cc(Br)ccc1N1CC2CCCC(N)C2C1. The van der Waals surface area contributed by atoms with Gasteiger partial charge in [-0.25, -0.2) is 0 Å². The van der Waals surface area contributed by atoms with Crippen LogP contribution < -0.4 is 10.6 Å². The predicted molar refractivity (Wildman–Crippen MR) is 79.9 cm³/mol. The molecule has 3 nitrogen and oxygen atoms in total. The van der Waals surface area contributed by atoms with Crippen LogP contribution in [0.1, 0.15) is 24.8 Å². The summed E-state index contributed by atoms with van der Waals surface area (Å²) in [5, 5.41) is 9.29. The minimum Gasteiger partial charge on any atom is -0.370 e. The third kappa shape index (κ3) is 2.37. The van der Waals surface area contributed by atoms with Crippen molar-refractivity contribution in [1.82, 2.24) is 0 Å². The zero-order valence-corrected chi connectivity index (χ0v) is 12.4. The number of hydrogen-bond acceptors (Lipinski definition) is 3. The van der Waals surface area contributed by atoms with Gasteiger partial charge in [-0.15, -0.1) is 0 Å². The van der Waals surface area contributed by atoms with Crippen molar-refractivity contribution >= 4 is 21.6 Å². The fourth-order valence-corrected chi connectivity index (χ4v) is 3.95.